The van der Waals surface area contributed by atoms with Gasteiger partial charge < -0.3 is 0 Å². The zero-order valence-electron chi connectivity index (χ0n) is 14.3. The van der Waals surface area contributed by atoms with E-state index in [1.807, 2.05) is 6.08 Å². The molecule has 1 nitrogen and oxygen atoms in total. The zero-order chi connectivity index (χ0) is 16.4. The molecule has 0 bridgehead atoms. The first-order chi connectivity index (χ1) is 10.9. The summed E-state index contributed by atoms with van der Waals surface area (Å²) < 4.78 is 0. The molecule has 0 amide bonds. The minimum Gasteiger partial charge on any atom is -0.295 e. The van der Waals surface area contributed by atoms with E-state index in [2.05, 4.69) is 26.2 Å². The normalized spacial score (nSPS) is 48.9. The third-order valence-electron chi connectivity index (χ3n) is 7.94. The van der Waals surface area contributed by atoms with Crippen molar-refractivity contribution in [2.75, 3.05) is 0 Å². The maximum Gasteiger partial charge on any atom is 0.155 e. The Kier molecular flexibility index (Phi) is 3.49. The molecule has 0 spiro atoms. The molecule has 0 aromatic heterocycles. The largest absolute Gasteiger partial charge is 0.295 e. The quantitative estimate of drug-likeness (QED) is 0.426. The van der Waals surface area contributed by atoms with Crippen molar-refractivity contribution in [2.45, 2.75) is 64.2 Å². The van der Waals surface area contributed by atoms with Crippen molar-refractivity contribution in [1.82, 2.24) is 0 Å². The summed E-state index contributed by atoms with van der Waals surface area (Å²) in [6.45, 7) is 8.78. The fourth-order valence-corrected chi connectivity index (χ4v) is 7.18. The SMILES string of the molecule is C=C=C1CCC2C3C[C@@H](Cl)C4=CC(=O)CC[C@]4(C)C3CC[C@]12C. The second-order valence-corrected chi connectivity index (χ2v) is 9.24. The lowest BCUT2D eigenvalue weighted by atomic mass is 9.47. The number of hydrogen-bond acceptors (Lipinski definition) is 1. The summed E-state index contributed by atoms with van der Waals surface area (Å²) >= 11 is 6.82. The molecule has 0 aromatic rings. The average molecular weight is 331 g/mol. The van der Waals surface area contributed by atoms with Gasteiger partial charge in [0.05, 0.1) is 5.38 Å². The lowest BCUT2D eigenvalue weighted by molar-refractivity contribution is -0.117. The molecule has 23 heavy (non-hydrogen) atoms. The van der Waals surface area contributed by atoms with Crippen molar-refractivity contribution < 1.29 is 4.79 Å². The van der Waals surface area contributed by atoms with Crippen molar-refractivity contribution in [3.63, 3.8) is 0 Å². The molecular formula is C21H27ClO. The summed E-state index contributed by atoms with van der Waals surface area (Å²) in [5.41, 5.74) is 6.40. The maximum atomic E-state index is 11.9. The molecule has 0 aliphatic heterocycles. The molecule has 2 heteroatoms. The highest BCUT2D eigenvalue weighted by Crippen LogP contribution is 2.66. The Morgan fingerprint density at radius 1 is 1.17 bits per heavy atom. The Bertz CT molecular complexity index is 640. The average Bonchev–Trinajstić information content (AvgIpc) is 2.86. The van der Waals surface area contributed by atoms with E-state index in [1.165, 1.54) is 36.8 Å². The van der Waals surface area contributed by atoms with Gasteiger partial charge in [-0.15, -0.1) is 17.3 Å². The van der Waals surface area contributed by atoms with Gasteiger partial charge in [0.1, 0.15) is 0 Å². The monoisotopic (exact) mass is 330 g/mol. The highest BCUT2D eigenvalue weighted by molar-refractivity contribution is 6.23. The molecule has 0 saturated heterocycles. The smallest absolute Gasteiger partial charge is 0.155 e. The van der Waals surface area contributed by atoms with Crippen molar-refractivity contribution in [3.05, 3.63) is 29.5 Å². The number of alkyl halides is 1. The Balaban J connectivity index is 1.75. The number of rotatable bonds is 0. The van der Waals surface area contributed by atoms with E-state index in [4.69, 9.17) is 11.6 Å². The van der Waals surface area contributed by atoms with Crippen molar-refractivity contribution in [1.29, 1.82) is 0 Å². The first-order valence-corrected chi connectivity index (χ1v) is 9.62. The summed E-state index contributed by atoms with van der Waals surface area (Å²) in [6.07, 6.45) is 9.59. The number of carbonyl (C=O) groups excluding carboxylic acids is 1. The molecular weight excluding hydrogens is 304 g/mol. The molecule has 6 atom stereocenters. The summed E-state index contributed by atoms with van der Waals surface area (Å²) in [7, 11) is 0. The lowest BCUT2D eigenvalue weighted by Crippen LogP contribution is -2.52. The third-order valence-corrected chi connectivity index (χ3v) is 8.35. The van der Waals surface area contributed by atoms with Crippen LogP contribution in [0.15, 0.2) is 29.5 Å². The molecule has 4 rings (SSSR count). The van der Waals surface area contributed by atoms with Crippen LogP contribution < -0.4 is 0 Å². The minimum absolute atomic E-state index is 0.0459. The molecule has 3 fully saturated rings. The van der Waals surface area contributed by atoms with Crippen LogP contribution >= 0.6 is 11.6 Å². The van der Waals surface area contributed by atoms with Gasteiger partial charge in [0.2, 0.25) is 0 Å². The predicted octanol–water partition coefficient (Wildman–Crippen LogP) is 5.45. The zero-order valence-corrected chi connectivity index (χ0v) is 15.1. The van der Waals surface area contributed by atoms with Crippen molar-refractivity contribution in [2.24, 2.45) is 28.6 Å². The Labute approximate surface area is 144 Å². The predicted molar refractivity (Wildman–Crippen MR) is 94.4 cm³/mol. The summed E-state index contributed by atoms with van der Waals surface area (Å²) in [5, 5.41) is 0.0459. The van der Waals surface area contributed by atoms with Gasteiger partial charge in [-0.3, -0.25) is 4.79 Å². The van der Waals surface area contributed by atoms with Crippen LogP contribution in [-0.2, 0) is 4.79 Å². The van der Waals surface area contributed by atoms with Gasteiger partial charge >= 0.3 is 0 Å². The topological polar surface area (TPSA) is 17.1 Å². The second kappa shape index (κ2) is 5.11. The van der Waals surface area contributed by atoms with E-state index in [0.29, 0.717) is 23.7 Å². The van der Waals surface area contributed by atoms with Crippen LogP contribution in [0.25, 0.3) is 0 Å². The van der Waals surface area contributed by atoms with Crippen LogP contribution in [-0.4, -0.2) is 11.2 Å². The highest BCUT2D eigenvalue weighted by Gasteiger charge is 2.59. The molecule has 0 aromatic carbocycles. The van der Waals surface area contributed by atoms with Gasteiger partial charge in [-0.2, -0.15) is 0 Å². The molecule has 0 radical (unpaired) electrons. The van der Waals surface area contributed by atoms with Crippen molar-refractivity contribution in [3.8, 4) is 0 Å². The molecule has 3 saturated carbocycles. The lowest BCUT2D eigenvalue weighted by Gasteiger charge is -2.58. The molecule has 0 heterocycles. The van der Waals surface area contributed by atoms with E-state index in [-0.39, 0.29) is 16.6 Å². The van der Waals surface area contributed by atoms with Crippen LogP contribution in [0.4, 0.5) is 0 Å². The van der Waals surface area contributed by atoms with Crippen LogP contribution in [0, 0.1) is 28.6 Å². The van der Waals surface area contributed by atoms with Crippen LogP contribution in [0.1, 0.15) is 58.8 Å². The molecule has 124 valence electrons. The van der Waals surface area contributed by atoms with Gasteiger partial charge in [0.15, 0.2) is 5.78 Å². The van der Waals surface area contributed by atoms with Gasteiger partial charge in [-0.1, -0.05) is 20.4 Å². The number of halogens is 1. The Hall–Kier alpha value is -0.780. The van der Waals surface area contributed by atoms with E-state index < -0.39 is 0 Å². The van der Waals surface area contributed by atoms with Gasteiger partial charge in [-0.05, 0) is 84.3 Å². The highest BCUT2D eigenvalue weighted by atomic mass is 35.5. The van der Waals surface area contributed by atoms with Crippen LogP contribution in [0.3, 0.4) is 0 Å². The van der Waals surface area contributed by atoms with Gasteiger partial charge in [-0.25, -0.2) is 0 Å². The van der Waals surface area contributed by atoms with E-state index >= 15 is 0 Å². The molecule has 4 aliphatic rings. The number of carbonyl (C=O) groups is 1. The summed E-state index contributed by atoms with van der Waals surface area (Å²) in [6, 6.07) is 0. The van der Waals surface area contributed by atoms with Crippen LogP contribution in [0.2, 0.25) is 0 Å². The van der Waals surface area contributed by atoms with Crippen molar-refractivity contribution >= 4 is 17.4 Å². The number of allylic oxidation sites excluding steroid dienone is 2. The first-order valence-electron chi connectivity index (χ1n) is 9.18. The fraction of sp³-hybridized carbons (Fsp3) is 0.714. The second-order valence-electron chi connectivity index (χ2n) is 8.71. The third kappa shape index (κ3) is 2.02. The molecule has 3 unspecified atom stereocenters. The van der Waals surface area contributed by atoms with Gasteiger partial charge in [0, 0.05) is 6.42 Å². The van der Waals surface area contributed by atoms with E-state index in [1.54, 1.807) is 0 Å². The van der Waals surface area contributed by atoms with E-state index in [9.17, 15) is 4.79 Å². The van der Waals surface area contributed by atoms with E-state index in [0.717, 1.165) is 18.8 Å². The van der Waals surface area contributed by atoms with Crippen LogP contribution in [0.5, 0.6) is 0 Å². The van der Waals surface area contributed by atoms with Gasteiger partial charge in [0.25, 0.3) is 0 Å². The standard InChI is InChI=1S/C21H27ClO/c1-4-13-5-6-16-15-12-19(22)18-11-14(23)7-9-21(18,3)17(15)8-10-20(13,16)2/h11,15-17,19H,1,5-10,12H2,2-3H3/t15?,16?,17?,19-,20-,21-/m1/s1. The first kappa shape index (κ1) is 15.7. The molecule has 0 N–H and O–H groups in total. The number of fused-ring (bicyclic) bond motifs is 5. The number of ketones is 1. The summed E-state index contributed by atoms with van der Waals surface area (Å²) in [4.78, 5) is 11.9. The maximum absolute atomic E-state index is 11.9. The Morgan fingerprint density at radius 3 is 2.65 bits per heavy atom. The minimum atomic E-state index is 0.0459. The summed E-state index contributed by atoms with van der Waals surface area (Å²) in [5.74, 6) is 2.39. The molecule has 4 aliphatic carbocycles. The Morgan fingerprint density at radius 2 is 1.91 bits per heavy atom. The number of hydrogen-bond donors (Lipinski definition) is 0. The fourth-order valence-electron chi connectivity index (χ4n) is 6.66.